The molecule has 6 nitrogen and oxygen atoms in total. The second-order valence-corrected chi connectivity index (χ2v) is 9.02. The van der Waals surface area contributed by atoms with Crippen molar-refractivity contribution in [2.24, 2.45) is 5.92 Å². The van der Waals surface area contributed by atoms with Crippen LogP contribution in [0.3, 0.4) is 0 Å². The summed E-state index contributed by atoms with van der Waals surface area (Å²) in [6, 6.07) is 0.672. The number of carbonyl (C=O) groups excluding carboxylic acids is 1. The molecule has 0 aromatic carbocycles. The van der Waals surface area contributed by atoms with Gasteiger partial charge in [-0.3, -0.25) is 4.90 Å². The Morgan fingerprint density at radius 1 is 1.35 bits per heavy atom. The van der Waals surface area contributed by atoms with Gasteiger partial charge in [0.1, 0.15) is 5.60 Å². The van der Waals surface area contributed by atoms with Gasteiger partial charge in [-0.1, -0.05) is 13.8 Å². The monoisotopic (exact) mass is 366 g/mol. The van der Waals surface area contributed by atoms with Gasteiger partial charge >= 0.3 is 6.09 Å². The molecule has 1 atom stereocenters. The van der Waals surface area contributed by atoms with Gasteiger partial charge in [-0.15, -0.1) is 0 Å². The third-order valence-electron chi connectivity index (χ3n) is 6.18. The summed E-state index contributed by atoms with van der Waals surface area (Å²) >= 11 is 0. The van der Waals surface area contributed by atoms with Gasteiger partial charge < -0.3 is 19.9 Å². The summed E-state index contributed by atoms with van der Waals surface area (Å²) < 4.78 is 5.89. The molecule has 26 heavy (non-hydrogen) atoms. The zero-order chi connectivity index (χ0) is 18.6. The van der Waals surface area contributed by atoms with Gasteiger partial charge in [0.05, 0.1) is 6.54 Å². The van der Waals surface area contributed by atoms with Crippen LogP contribution < -0.4 is 5.32 Å². The maximum Gasteiger partial charge on any atom is 0.410 e. The van der Waals surface area contributed by atoms with Gasteiger partial charge in [-0.05, 0) is 45.3 Å². The second-order valence-electron chi connectivity index (χ2n) is 9.02. The number of nitrogens with one attached hydrogen (secondary N) is 1. The molecule has 0 saturated carbocycles. The van der Waals surface area contributed by atoms with Gasteiger partial charge in [0.2, 0.25) is 0 Å². The van der Waals surface area contributed by atoms with Crippen molar-refractivity contribution in [3.05, 3.63) is 0 Å². The maximum absolute atomic E-state index is 12.4. The van der Waals surface area contributed by atoms with Crippen LogP contribution in [0.15, 0.2) is 0 Å². The van der Waals surface area contributed by atoms with Crippen LogP contribution in [0, 0.1) is 5.92 Å². The number of carbonyl (C=O) groups is 1. The van der Waals surface area contributed by atoms with E-state index >= 15 is 0 Å². The van der Waals surface area contributed by atoms with E-state index in [0.717, 1.165) is 71.6 Å². The average molecular weight is 367 g/mol. The molecule has 0 unspecified atom stereocenters. The minimum atomic E-state index is -0.223. The van der Waals surface area contributed by atoms with E-state index in [1.54, 1.807) is 0 Å². The molecule has 3 aliphatic heterocycles. The van der Waals surface area contributed by atoms with Crippen molar-refractivity contribution in [1.82, 2.24) is 20.0 Å². The maximum atomic E-state index is 12.4. The summed E-state index contributed by atoms with van der Waals surface area (Å²) in [7, 11) is 2.17. The molecule has 0 aromatic rings. The van der Waals surface area contributed by atoms with Crippen molar-refractivity contribution in [1.29, 1.82) is 0 Å². The van der Waals surface area contributed by atoms with Crippen LogP contribution in [0.2, 0.25) is 0 Å². The van der Waals surface area contributed by atoms with E-state index in [1.165, 1.54) is 12.8 Å². The lowest BCUT2D eigenvalue weighted by Gasteiger charge is -2.42. The first-order chi connectivity index (χ1) is 12.5. The molecule has 3 fully saturated rings. The van der Waals surface area contributed by atoms with Crippen LogP contribution in [-0.4, -0.2) is 91.8 Å². The topological polar surface area (TPSA) is 48.0 Å². The minimum absolute atomic E-state index is 0.0932. The molecule has 0 aliphatic carbocycles. The number of rotatable bonds is 7. The highest BCUT2D eigenvalue weighted by molar-refractivity contribution is 5.70. The normalized spacial score (nSPS) is 26.9. The summed E-state index contributed by atoms with van der Waals surface area (Å²) in [4.78, 5) is 19.3. The standard InChI is InChI=1S/C20H38N4O2/c1-17(2)15-22(3)10-5-11-24-16-20(26-19(24)25)7-12-23(13-8-20)18-6-4-9-21-14-18/h17-18,21H,4-16H2,1-3H3/t18-/m1/s1. The van der Waals surface area contributed by atoms with E-state index in [9.17, 15) is 4.79 Å². The number of nitrogens with zero attached hydrogens (tertiary/aromatic N) is 3. The van der Waals surface area contributed by atoms with Gasteiger partial charge in [0.15, 0.2) is 0 Å². The van der Waals surface area contributed by atoms with Gasteiger partial charge in [0, 0.05) is 51.6 Å². The van der Waals surface area contributed by atoms with Crippen molar-refractivity contribution >= 4 is 6.09 Å². The lowest BCUT2D eigenvalue weighted by atomic mass is 9.89. The molecular weight excluding hydrogens is 328 g/mol. The van der Waals surface area contributed by atoms with Crippen LogP contribution in [0.5, 0.6) is 0 Å². The molecule has 150 valence electrons. The molecular formula is C20H38N4O2. The van der Waals surface area contributed by atoms with E-state index in [0.29, 0.717) is 12.0 Å². The van der Waals surface area contributed by atoms with E-state index in [-0.39, 0.29) is 11.7 Å². The molecule has 0 radical (unpaired) electrons. The summed E-state index contributed by atoms with van der Waals surface area (Å²) in [6.07, 6.45) is 5.48. The molecule has 1 N–H and O–H groups in total. The summed E-state index contributed by atoms with van der Waals surface area (Å²) in [5.41, 5.74) is -0.223. The fourth-order valence-electron chi connectivity index (χ4n) is 4.81. The molecule has 6 heteroatoms. The Morgan fingerprint density at radius 3 is 2.77 bits per heavy atom. The predicted octanol–water partition coefficient (Wildman–Crippen LogP) is 2.00. The lowest BCUT2D eigenvalue weighted by molar-refractivity contribution is -0.0127. The van der Waals surface area contributed by atoms with Gasteiger partial charge in [-0.25, -0.2) is 4.79 Å². The number of amides is 1. The SMILES string of the molecule is CC(C)CN(C)CCCN1CC2(CCN([C@@H]3CCCNC3)CC2)OC1=O. The molecule has 3 aliphatic rings. The highest BCUT2D eigenvalue weighted by atomic mass is 16.6. The Morgan fingerprint density at radius 2 is 2.12 bits per heavy atom. The number of ether oxygens (including phenoxy) is 1. The van der Waals surface area contributed by atoms with Crippen molar-refractivity contribution in [3.8, 4) is 0 Å². The van der Waals surface area contributed by atoms with Crippen LogP contribution in [-0.2, 0) is 4.74 Å². The first-order valence-corrected chi connectivity index (χ1v) is 10.6. The molecule has 1 amide bonds. The molecule has 3 heterocycles. The molecule has 0 aromatic heterocycles. The van der Waals surface area contributed by atoms with E-state index < -0.39 is 0 Å². The van der Waals surface area contributed by atoms with Crippen molar-refractivity contribution in [2.45, 2.75) is 57.6 Å². The molecule has 3 saturated heterocycles. The zero-order valence-electron chi connectivity index (χ0n) is 17.0. The fourth-order valence-corrected chi connectivity index (χ4v) is 4.81. The zero-order valence-corrected chi connectivity index (χ0v) is 17.0. The first-order valence-electron chi connectivity index (χ1n) is 10.6. The van der Waals surface area contributed by atoms with Crippen molar-refractivity contribution in [2.75, 3.05) is 59.4 Å². The van der Waals surface area contributed by atoms with E-state index in [1.807, 2.05) is 4.90 Å². The Labute approximate surface area is 159 Å². The first kappa shape index (κ1) is 19.9. The third-order valence-corrected chi connectivity index (χ3v) is 6.18. The number of hydrogen-bond acceptors (Lipinski definition) is 5. The molecule has 1 spiro atoms. The Hall–Kier alpha value is -0.850. The largest absolute Gasteiger partial charge is 0.441 e. The highest BCUT2D eigenvalue weighted by Crippen LogP contribution is 2.34. The predicted molar refractivity (Wildman–Crippen MR) is 104 cm³/mol. The lowest BCUT2D eigenvalue weighted by Crippen LogP contribution is -2.53. The van der Waals surface area contributed by atoms with Crippen LogP contribution in [0.1, 0.15) is 46.0 Å². The van der Waals surface area contributed by atoms with Gasteiger partial charge in [0.25, 0.3) is 0 Å². The van der Waals surface area contributed by atoms with E-state index in [4.69, 9.17) is 4.74 Å². The van der Waals surface area contributed by atoms with Crippen molar-refractivity contribution in [3.63, 3.8) is 0 Å². The van der Waals surface area contributed by atoms with Crippen LogP contribution in [0.4, 0.5) is 4.79 Å². The summed E-state index contributed by atoms with van der Waals surface area (Å²) in [5, 5.41) is 3.51. The van der Waals surface area contributed by atoms with Crippen molar-refractivity contribution < 1.29 is 9.53 Å². The second kappa shape index (κ2) is 8.89. The number of piperidine rings is 2. The average Bonchev–Trinajstić information content (AvgIpc) is 2.91. The quantitative estimate of drug-likeness (QED) is 0.747. The third kappa shape index (κ3) is 5.11. The Balaban J connectivity index is 1.41. The highest BCUT2D eigenvalue weighted by Gasteiger charge is 2.47. The Kier molecular flexibility index (Phi) is 6.81. The molecule has 3 rings (SSSR count). The molecule has 0 bridgehead atoms. The minimum Gasteiger partial charge on any atom is -0.441 e. The number of hydrogen-bond donors (Lipinski definition) is 1. The number of likely N-dealkylation sites (tertiary alicyclic amines) is 1. The van der Waals surface area contributed by atoms with Crippen LogP contribution >= 0.6 is 0 Å². The fraction of sp³-hybridized carbons (Fsp3) is 0.950. The van der Waals surface area contributed by atoms with Crippen LogP contribution in [0.25, 0.3) is 0 Å². The summed E-state index contributed by atoms with van der Waals surface area (Å²) in [6.45, 7) is 12.6. The summed E-state index contributed by atoms with van der Waals surface area (Å²) in [5.74, 6) is 0.685. The smallest absolute Gasteiger partial charge is 0.410 e. The van der Waals surface area contributed by atoms with Gasteiger partial charge in [-0.2, -0.15) is 0 Å². The van der Waals surface area contributed by atoms with E-state index in [2.05, 4.69) is 36.0 Å². The Bertz CT molecular complexity index is 457.